The minimum atomic E-state index is -3.28. The lowest BCUT2D eigenvalue weighted by Gasteiger charge is -2.25. The second kappa shape index (κ2) is 13.4. The van der Waals surface area contributed by atoms with E-state index in [1.165, 1.54) is 44.2 Å². The number of hydrogen-bond donors (Lipinski definition) is 0. The van der Waals surface area contributed by atoms with Gasteiger partial charge in [0.05, 0.1) is 31.4 Å². The van der Waals surface area contributed by atoms with E-state index in [4.69, 9.17) is 13.8 Å². The Bertz CT molecular complexity index is 722. The zero-order chi connectivity index (χ0) is 21.9. The Morgan fingerprint density at radius 2 is 2.00 bits per heavy atom. The predicted molar refractivity (Wildman–Crippen MR) is 122 cm³/mol. The number of piperidine rings is 1. The van der Waals surface area contributed by atoms with Crippen LogP contribution in [-0.2, 0) is 19.8 Å². The van der Waals surface area contributed by atoms with Crippen LogP contribution in [0.4, 0.5) is 5.69 Å². The number of nitro benzene ring substituents is 1. The second-order valence-corrected chi connectivity index (χ2v) is 9.99. The summed E-state index contributed by atoms with van der Waals surface area (Å²) in [7, 11) is 1.73. The summed E-state index contributed by atoms with van der Waals surface area (Å²) in [5, 5.41) is 10.9. The number of nitrogens with zero attached hydrogens (tertiary/aromatic N) is 2. The third kappa shape index (κ3) is 9.21. The molecule has 1 fully saturated rings. The van der Waals surface area contributed by atoms with Gasteiger partial charge in [-0.25, -0.2) is 0 Å². The van der Waals surface area contributed by atoms with E-state index in [0.717, 1.165) is 15.0 Å². The van der Waals surface area contributed by atoms with Gasteiger partial charge in [0.25, 0.3) is 0 Å². The minimum absolute atomic E-state index is 0.0144. The molecule has 1 saturated heterocycles. The summed E-state index contributed by atoms with van der Waals surface area (Å²) in [6.07, 6.45) is 2.53. The van der Waals surface area contributed by atoms with E-state index in [2.05, 4.69) is 20.2 Å². The molecule has 1 heterocycles. The van der Waals surface area contributed by atoms with Gasteiger partial charge < -0.3 is 13.8 Å². The number of hydrogen-bond acceptors (Lipinski definition) is 7. The van der Waals surface area contributed by atoms with Crippen molar-refractivity contribution in [1.82, 2.24) is 4.67 Å². The van der Waals surface area contributed by atoms with Crippen molar-refractivity contribution in [2.45, 2.75) is 32.9 Å². The molecule has 1 aliphatic heterocycles. The van der Waals surface area contributed by atoms with E-state index in [1.54, 1.807) is 19.9 Å². The van der Waals surface area contributed by atoms with Crippen molar-refractivity contribution in [2.24, 2.45) is 0 Å². The number of nitro groups is 1. The molecule has 2 atom stereocenters. The van der Waals surface area contributed by atoms with Crippen molar-refractivity contribution in [1.29, 1.82) is 0 Å². The van der Waals surface area contributed by atoms with Crippen LogP contribution in [0.25, 0.3) is 0 Å². The smallest absolute Gasteiger partial charge is 0.335 e. The van der Waals surface area contributed by atoms with Gasteiger partial charge in [0.15, 0.2) is 5.75 Å². The quantitative estimate of drug-likeness (QED) is 0.209. The molecule has 8 nitrogen and oxygen atoms in total. The molecule has 1 aromatic rings. The Kier molecular flexibility index (Phi) is 12.1. The van der Waals surface area contributed by atoms with Crippen LogP contribution in [0.15, 0.2) is 30.4 Å². The molecule has 0 saturated carbocycles. The zero-order valence-electron chi connectivity index (χ0n) is 17.3. The Balaban J connectivity index is 0.000000387. The highest BCUT2D eigenvalue weighted by Crippen LogP contribution is 2.51. The van der Waals surface area contributed by atoms with Gasteiger partial charge in [0, 0.05) is 19.2 Å². The fraction of sp³-hybridized carbons (Fsp3) is 0.556. The fourth-order valence-corrected chi connectivity index (χ4v) is 5.73. The summed E-state index contributed by atoms with van der Waals surface area (Å²) in [5.41, 5.74) is 1.73. The van der Waals surface area contributed by atoms with Crippen LogP contribution in [0, 0.1) is 10.1 Å². The molecule has 0 spiro atoms. The van der Waals surface area contributed by atoms with Crippen LogP contribution in [0.5, 0.6) is 5.75 Å². The van der Waals surface area contributed by atoms with Crippen molar-refractivity contribution < 1.29 is 23.3 Å². The SMILES string of the molecule is C=C1CCCN(PP)C1.CCOP(=O)(Cc1ccc(OC)c([N+](=O)[O-])c1)OCC. The zero-order valence-corrected chi connectivity index (χ0v) is 20.3. The molecule has 0 bridgehead atoms. The van der Waals surface area contributed by atoms with Crippen molar-refractivity contribution in [3.63, 3.8) is 0 Å². The summed E-state index contributed by atoms with van der Waals surface area (Å²) < 4.78 is 30.0. The first-order chi connectivity index (χ1) is 13.8. The molecule has 0 aromatic heterocycles. The molecule has 11 heteroatoms. The second-order valence-electron chi connectivity index (χ2n) is 6.27. The Labute approximate surface area is 177 Å². The normalized spacial score (nSPS) is 15.2. The molecule has 1 aromatic carbocycles. The summed E-state index contributed by atoms with van der Waals surface area (Å²) in [6, 6.07) is 4.40. The van der Waals surface area contributed by atoms with Crippen molar-refractivity contribution in [3.05, 3.63) is 46.0 Å². The van der Waals surface area contributed by atoms with Crippen molar-refractivity contribution in [2.75, 3.05) is 33.4 Å². The molecular weight excluding hydrogens is 433 g/mol. The molecule has 2 unspecified atom stereocenters. The maximum atomic E-state index is 12.4. The maximum Gasteiger partial charge on any atom is 0.335 e. The molecule has 164 valence electrons. The minimum Gasteiger partial charge on any atom is -0.490 e. The lowest BCUT2D eigenvalue weighted by atomic mass is 10.1. The van der Waals surface area contributed by atoms with E-state index in [0.29, 0.717) is 5.56 Å². The number of benzene rings is 1. The highest BCUT2D eigenvalue weighted by atomic mass is 32.0. The number of rotatable bonds is 9. The van der Waals surface area contributed by atoms with E-state index in [-0.39, 0.29) is 30.8 Å². The van der Waals surface area contributed by atoms with E-state index in [1.807, 2.05) is 0 Å². The molecule has 0 radical (unpaired) electrons. The topological polar surface area (TPSA) is 91.1 Å². The van der Waals surface area contributed by atoms with E-state index in [9.17, 15) is 14.7 Å². The predicted octanol–water partition coefficient (Wildman–Crippen LogP) is 5.39. The Morgan fingerprint density at radius 1 is 1.34 bits per heavy atom. The standard InChI is InChI=1S/C12H18NO6P.C6H13NP2/c1-4-18-20(16,19-5-2)9-10-6-7-12(17-3)11(8-10)13(14)15;1-6-3-2-4-7(5-6)9-8/h6-8H,4-5,9H2,1-3H3;9H,1-5,8H2. The van der Waals surface area contributed by atoms with Crippen LogP contribution in [0.2, 0.25) is 0 Å². The molecule has 0 aliphatic carbocycles. The first-order valence-electron chi connectivity index (χ1n) is 9.35. The number of methoxy groups -OCH3 is 1. The van der Waals surface area contributed by atoms with Crippen LogP contribution >= 0.6 is 24.9 Å². The lowest BCUT2D eigenvalue weighted by Crippen LogP contribution is -2.22. The largest absolute Gasteiger partial charge is 0.490 e. The molecule has 1 aliphatic rings. The summed E-state index contributed by atoms with van der Waals surface area (Å²) >= 11 is 0. The van der Waals surface area contributed by atoms with Crippen LogP contribution in [-0.4, -0.2) is 43.0 Å². The summed E-state index contributed by atoms with van der Waals surface area (Å²) in [6.45, 7) is 10.3. The van der Waals surface area contributed by atoms with Crippen LogP contribution in [0.3, 0.4) is 0 Å². The maximum absolute atomic E-state index is 12.4. The molecule has 29 heavy (non-hydrogen) atoms. The average molecular weight is 464 g/mol. The summed E-state index contributed by atoms with van der Waals surface area (Å²) in [5.74, 6) is 0.154. The van der Waals surface area contributed by atoms with Crippen molar-refractivity contribution >= 4 is 30.6 Å². The van der Waals surface area contributed by atoms with Crippen LogP contribution in [0.1, 0.15) is 32.3 Å². The average Bonchev–Trinajstić information content (AvgIpc) is 2.68. The van der Waals surface area contributed by atoms with Gasteiger partial charge in [-0.15, -0.1) is 0 Å². The fourth-order valence-electron chi connectivity index (χ4n) is 2.78. The molecule has 0 amide bonds. The van der Waals surface area contributed by atoms with Gasteiger partial charge in [-0.2, -0.15) is 0 Å². The van der Waals surface area contributed by atoms with Gasteiger partial charge in [0.2, 0.25) is 0 Å². The van der Waals surface area contributed by atoms with E-state index < -0.39 is 12.5 Å². The van der Waals surface area contributed by atoms with Gasteiger partial charge in [0.1, 0.15) is 0 Å². The van der Waals surface area contributed by atoms with Crippen molar-refractivity contribution in [3.8, 4) is 5.75 Å². The highest BCUT2D eigenvalue weighted by Gasteiger charge is 2.26. The Morgan fingerprint density at radius 3 is 2.45 bits per heavy atom. The molecule has 0 N–H and O–H groups in total. The third-order valence-corrected chi connectivity index (χ3v) is 7.92. The third-order valence-electron chi connectivity index (χ3n) is 4.02. The molecule has 2 rings (SSSR count). The van der Waals surface area contributed by atoms with Gasteiger partial charge in [-0.3, -0.25) is 19.3 Å². The first-order valence-corrected chi connectivity index (χ1v) is 13.8. The Hall–Kier alpha value is -0.870. The van der Waals surface area contributed by atoms with Crippen LogP contribution < -0.4 is 4.74 Å². The van der Waals surface area contributed by atoms with Gasteiger partial charge >= 0.3 is 13.3 Å². The summed E-state index contributed by atoms with van der Waals surface area (Å²) in [4.78, 5) is 10.4. The lowest BCUT2D eigenvalue weighted by molar-refractivity contribution is -0.385. The molecular formula is C18H31N2O6P3. The number of ether oxygens (including phenoxy) is 1. The first kappa shape index (κ1) is 26.2. The van der Waals surface area contributed by atoms with Gasteiger partial charge in [-0.05, 0) is 46.7 Å². The monoisotopic (exact) mass is 464 g/mol. The highest BCUT2D eigenvalue weighted by molar-refractivity contribution is 8.01. The van der Waals surface area contributed by atoms with E-state index >= 15 is 0 Å². The van der Waals surface area contributed by atoms with Gasteiger partial charge in [-0.1, -0.05) is 27.1 Å².